The molecule has 4 nitrogen and oxygen atoms in total. The SMILES string of the molecule is Fc1ccc([C@H](Cn2cnc3ccccc32)N[C@H]2CCOC2)cc1. The molecule has 0 unspecified atom stereocenters. The normalized spacial score (nSPS) is 19.0. The first kappa shape index (κ1) is 15.3. The highest BCUT2D eigenvalue weighted by Gasteiger charge is 2.21. The molecule has 0 saturated carbocycles. The van der Waals surface area contributed by atoms with Gasteiger partial charge in [-0.25, -0.2) is 9.37 Å². The van der Waals surface area contributed by atoms with E-state index in [1.807, 2.05) is 36.7 Å². The molecule has 0 bridgehead atoms. The minimum absolute atomic E-state index is 0.0786. The fourth-order valence-electron chi connectivity index (χ4n) is 3.25. The molecule has 124 valence electrons. The van der Waals surface area contributed by atoms with Gasteiger partial charge in [0.25, 0.3) is 0 Å². The monoisotopic (exact) mass is 325 g/mol. The van der Waals surface area contributed by atoms with E-state index in [2.05, 4.69) is 20.9 Å². The first-order chi connectivity index (χ1) is 11.8. The summed E-state index contributed by atoms with van der Waals surface area (Å²) in [6, 6.07) is 15.2. The minimum atomic E-state index is -0.213. The highest BCUT2D eigenvalue weighted by Crippen LogP contribution is 2.21. The Morgan fingerprint density at radius 1 is 1.21 bits per heavy atom. The molecule has 5 heteroatoms. The number of hydrogen-bond donors (Lipinski definition) is 1. The van der Waals surface area contributed by atoms with Gasteiger partial charge in [0.2, 0.25) is 0 Å². The molecular weight excluding hydrogens is 305 g/mol. The smallest absolute Gasteiger partial charge is 0.123 e. The predicted molar refractivity (Wildman–Crippen MR) is 91.2 cm³/mol. The number of rotatable bonds is 5. The van der Waals surface area contributed by atoms with E-state index in [4.69, 9.17) is 4.74 Å². The van der Waals surface area contributed by atoms with Gasteiger partial charge in [-0.3, -0.25) is 0 Å². The number of hydrogen-bond acceptors (Lipinski definition) is 3. The van der Waals surface area contributed by atoms with Gasteiger partial charge in [-0.1, -0.05) is 24.3 Å². The fraction of sp³-hybridized carbons (Fsp3) is 0.316. The van der Waals surface area contributed by atoms with Gasteiger partial charge in [0.1, 0.15) is 5.82 Å². The lowest BCUT2D eigenvalue weighted by Gasteiger charge is -2.23. The standard InChI is InChI=1S/C19H20FN3O/c20-15-7-5-14(6-8-15)18(22-16-9-10-24-12-16)11-23-13-21-17-3-1-2-4-19(17)23/h1-8,13,16,18,22H,9-12H2/t16-,18-/m0/s1. The van der Waals surface area contributed by atoms with E-state index < -0.39 is 0 Å². The molecule has 1 fully saturated rings. The number of fused-ring (bicyclic) bond motifs is 1. The summed E-state index contributed by atoms with van der Waals surface area (Å²) in [5.74, 6) is -0.213. The number of imidazole rings is 1. The number of ether oxygens (including phenoxy) is 1. The van der Waals surface area contributed by atoms with Crippen LogP contribution in [0.2, 0.25) is 0 Å². The van der Waals surface area contributed by atoms with Crippen molar-refractivity contribution < 1.29 is 9.13 Å². The summed E-state index contributed by atoms with van der Waals surface area (Å²) in [4.78, 5) is 4.46. The van der Waals surface area contributed by atoms with Crippen LogP contribution in [0, 0.1) is 5.82 Å². The van der Waals surface area contributed by atoms with Gasteiger partial charge in [-0.15, -0.1) is 0 Å². The van der Waals surface area contributed by atoms with Crippen LogP contribution in [0.3, 0.4) is 0 Å². The Hall–Kier alpha value is -2.24. The molecule has 0 radical (unpaired) electrons. The second-order valence-corrected chi connectivity index (χ2v) is 6.22. The molecule has 24 heavy (non-hydrogen) atoms. The Bertz CT molecular complexity index is 809. The maximum absolute atomic E-state index is 13.3. The Labute approximate surface area is 140 Å². The van der Waals surface area contributed by atoms with Crippen molar-refractivity contribution in [3.05, 3.63) is 66.2 Å². The molecule has 2 heterocycles. The molecule has 1 aromatic heterocycles. The lowest BCUT2D eigenvalue weighted by atomic mass is 10.0. The van der Waals surface area contributed by atoms with Crippen LogP contribution in [-0.2, 0) is 11.3 Å². The van der Waals surface area contributed by atoms with Crippen molar-refractivity contribution in [1.29, 1.82) is 0 Å². The lowest BCUT2D eigenvalue weighted by Crippen LogP contribution is -2.35. The summed E-state index contributed by atoms with van der Waals surface area (Å²) in [7, 11) is 0. The summed E-state index contributed by atoms with van der Waals surface area (Å²) in [5, 5.41) is 3.66. The quantitative estimate of drug-likeness (QED) is 0.782. The number of halogens is 1. The van der Waals surface area contributed by atoms with Gasteiger partial charge in [-0.2, -0.15) is 0 Å². The van der Waals surface area contributed by atoms with Crippen LogP contribution in [0.1, 0.15) is 18.0 Å². The van der Waals surface area contributed by atoms with E-state index in [0.29, 0.717) is 6.04 Å². The molecule has 1 N–H and O–H groups in total. The van der Waals surface area contributed by atoms with Crippen LogP contribution in [0.25, 0.3) is 11.0 Å². The number of nitrogens with one attached hydrogen (secondary N) is 1. The van der Waals surface area contributed by atoms with E-state index in [1.165, 1.54) is 12.1 Å². The highest BCUT2D eigenvalue weighted by molar-refractivity contribution is 5.74. The van der Waals surface area contributed by atoms with Crippen LogP contribution in [0.15, 0.2) is 54.9 Å². The highest BCUT2D eigenvalue weighted by atomic mass is 19.1. The van der Waals surface area contributed by atoms with Gasteiger partial charge in [-0.05, 0) is 36.2 Å². The van der Waals surface area contributed by atoms with E-state index >= 15 is 0 Å². The summed E-state index contributed by atoms with van der Waals surface area (Å²) < 4.78 is 20.9. The summed E-state index contributed by atoms with van der Waals surface area (Å²) >= 11 is 0. The van der Waals surface area contributed by atoms with Gasteiger partial charge in [0.05, 0.1) is 30.0 Å². The van der Waals surface area contributed by atoms with Crippen molar-refractivity contribution in [1.82, 2.24) is 14.9 Å². The molecule has 0 amide bonds. The van der Waals surface area contributed by atoms with Crippen molar-refractivity contribution in [3.8, 4) is 0 Å². The number of nitrogens with zero attached hydrogens (tertiary/aromatic N) is 2. The average Bonchev–Trinajstić information content (AvgIpc) is 3.25. The third-order valence-corrected chi connectivity index (χ3v) is 4.55. The van der Waals surface area contributed by atoms with Gasteiger partial charge in [0, 0.05) is 19.2 Å². The zero-order valence-corrected chi connectivity index (χ0v) is 13.4. The van der Waals surface area contributed by atoms with Gasteiger partial charge >= 0.3 is 0 Å². The van der Waals surface area contributed by atoms with E-state index in [-0.39, 0.29) is 11.9 Å². The Kier molecular flexibility index (Phi) is 4.28. The maximum atomic E-state index is 13.3. The minimum Gasteiger partial charge on any atom is -0.380 e. The second-order valence-electron chi connectivity index (χ2n) is 6.22. The Morgan fingerprint density at radius 2 is 2.04 bits per heavy atom. The topological polar surface area (TPSA) is 39.1 Å². The third kappa shape index (κ3) is 3.18. The molecule has 0 spiro atoms. The largest absolute Gasteiger partial charge is 0.380 e. The molecule has 1 aliphatic rings. The third-order valence-electron chi connectivity index (χ3n) is 4.55. The molecule has 3 aromatic rings. The zero-order chi connectivity index (χ0) is 16.4. The van der Waals surface area contributed by atoms with Crippen molar-refractivity contribution in [2.24, 2.45) is 0 Å². The van der Waals surface area contributed by atoms with Crippen molar-refractivity contribution in [2.75, 3.05) is 13.2 Å². The van der Waals surface area contributed by atoms with E-state index in [9.17, 15) is 4.39 Å². The number of para-hydroxylation sites is 2. The molecule has 1 aliphatic heterocycles. The molecule has 4 rings (SSSR count). The average molecular weight is 325 g/mol. The van der Waals surface area contributed by atoms with Crippen LogP contribution in [0.4, 0.5) is 4.39 Å². The number of aromatic nitrogens is 2. The van der Waals surface area contributed by atoms with Crippen molar-refractivity contribution >= 4 is 11.0 Å². The molecule has 0 aliphatic carbocycles. The van der Waals surface area contributed by atoms with Crippen LogP contribution >= 0.6 is 0 Å². The lowest BCUT2D eigenvalue weighted by molar-refractivity contribution is 0.187. The maximum Gasteiger partial charge on any atom is 0.123 e. The fourth-order valence-corrected chi connectivity index (χ4v) is 3.25. The van der Waals surface area contributed by atoms with Crippen LogP contribution in [-0.4, -0.2) is 28.8 Å². The Morgan fingerprint density at radius 3 is 2.83 bits per heavy atom. The second kappa shape index (κ2) is 6.71. The van der Waals surface area contributed by atoms with E-state index in [1.54, 1.807) is 0 Å². The van der Waals surface area contributed by atoms with Crippen molar-refractivity contribution in [2.45, 2.75) is 25.0 Å². The molecule has 2 atom stereocenters. The number of benzene rings is 2. The van der Waals surface area contributed by atoms with Crippen molar-refractivity contribution in [3.63, 3.8) is 0 Å². The zero-order valence-electron chi connectivity index (χ0n) is 13.4. The van der Waals surface area contributed by atoms with Gasteiger partial charge < -0.3 is 14.6 Å². The predicted octanol–water partition coefficient (Wildman–Crippen LogP) is 3.30. The van der Waals surface area contributed by atoms with Gasteiger partial charge in [0.15, 0.2) is 0 Å². The summed E-state index contributed by atoms with van der Waals surface area (Å²) in [6.07, 6.45) is 2.87. The molecule has 2 aromatic carbocycles. The first-order valence-corrected chi connectivity index (χ1v) is 8.29. The summed E-state index contributed by atoms with van der Waals surface area (Å²) in [6.45, 7) is 2.26. The van der Waals surface area contributed by atoms with E-state index in [0.717, 1.165) is 42.8 Å². The molecule has 1 saturated heterocycles. The van der Waals surface area contributed by atoms with Crippen LogP contribution in [0.5, 0.6) is 0 Å². The summed E-state index contributed by atoms with van der Waals surface area (Å²) in [5.41, 5.74) is 3.16. The Balaban J connectivity index is 1.62. The molecular formula is C19H20FN3O. The first-order valence-electron chi connectivity index (χ1n) is 8.29. The van der Waals surface area contributed by atoms with Crippen LogP contribution < -0.4 is 5.32 Å².